The summed E-state index contributed by atoms with van der Waals surface area (Å²) in [5.41, 5.74) is 5.49. The summed E-state index contributed by atoms with van der Waals surface area (Å²) in [7, 11) is 3.18. The Morgan fingerprint density at radius 3 is 2.27 bits per heavy atom. The lowest BCUT2D eigenvalue weighted by Crippen LogP contribution is -2.17. The predicted octanol–water partition coefficient (Wildman–Crippen LogP) is 8.90. The summed E-state index contributed by atoms with van der Waals surface area (Å²) in [5.74, 6) is 0.765. The molecule has 0 aliphatic rings. The molecule has 0 bridgehead atoms. The fraction of sp³-hybridized carbons (Fsp3) is 0.250. The molecule has 0 saturated heterocycles. The van der Waals surface area contributed by atoms with Gasteiger partial charge in [-0.05, 0) is 68.1 Å². The van der Waals surface area contributed by atoms with Gasteiger partial charge in [-0.3, -0.25) is 4.79 Å². The zero-order valence-corrected chi connectivity index (χ0v) is 26.8. The highest BCUT2D eigenvalue weighted by Gasteiger charge is 2.27. The highest BCUT2D eigenvalue weighted by atomic mass is 32.1. The molecule has 3 aromatic carbocycles. The van der Waals surface area contributed by atoms with E-state index in [1.54, 1.807) is 26.4 Å². The van der Waals surface area contributed by atoms with Crippen molar-refractivity contribution in [3.05, 3.63) is 94.4 Å². The molecule has 0 atom stereocenters. The molecular weight excluding hydrogens is 572 g/mol. The standard InChI is InChI=1S/C36H36N2O5S/c1-20(2)23-12-14-24(15-13-23)32-22(5)44-35(33(32)36(40)43-21(3)4)38-34(39)27-19-30(37-29-11-9-8-10-26(27)29)28-18-25(41-6)16-17-31(28)42-7/h8-21H,1-7H3,(H,38,39). The van der Waals surface area contributed by atoms with Gasteiger partial charge in [0.15, 0.2) is 0 Å². The first kappa shape index (κ1) is 30.8. The number of hydrogen-bond acceptors (Lipinski definition) is 7. The number of aromatic nitrogens is 1. The van der Waals surface area contributed by atoms with E-state index in [0.717, 1.165) is 16.0 Å². The molecule has 8 heteroatoms. The third-order valence-corrected chi connectivity index (χ3v) is 8.39. The van der Waals surface area contributed by atoms with Crippen LogP contribution in [0.4, 0.5) is 5.00 Å². The summed E-state index contributed by atoms with van der Waals surface area (Å²) >= 11 is 1.36. The van der Waals surface area contributed by atoms with Crippen molar-refractivity contribution in [1.29, 1.82) is 0 Å². The SMILES string of the molecule is COc1ccc(OC)c(-c2cc(C(=O)Nc3sc(C)c(-c4ccc(C(C)C)cc4)c3C(=O)OC(C)C)c3ccccc3n2)c1. The van der Waals surface area contributed by atoms with Crippen LogP contribution >= 0.6 is 11.3 Å². The second-order valence-electron chi connectivity index (χ2n) is 11.1. The second kappa shape index (κ2) is 12.9. The van der Waals surface area contributed by atoms with Crippen molar-refractivity contribution in [2.24, 2.45) is 0 Å². The van der Waals surface area contributed by atoms with E-state index < -0.39 is 5.97 Å². The maximum Gasteiger partial charge on any atom is 0.342 e. The zero-order chi connectivity index (χ0) is 31.5. The number of nitrogens with zero attached hydrogens (tertiary/aromatic N) is 1. The van der Waals surface area contributed by atoms with Crippen LogP contribution in [0.1, 0.15) is 64.8 Å². The van der Waals surface area contributed by atoms with Crippen LogP contribution in [0, 0.1) is 6.92 Å². The molecule has 0 fully saturated rings. The van der Waals surface area contributed by atoms with Crippen LogP contribution in [0.3, 0.4) is 0 Å². The Labute approximate surface area is 261 Å². The fourth-order valence-electron chi connectivity index (χ4n) is 5.17. The quantitative estimate of drug-likeness (QED) is 0.168. The van der Waals surface area contributed by atoms with Crippen molar-refractivity contribution in [1.82, 2.24) is 4.98 Å². The number of rotatable bonds is 9. The van der Waals surface area contributed by atoms with E-state index in [1.807, 2.05) is 69.3 Å². The molecule has 5 aromatic rings. The van der Waals surface area contributed by atoms with Gasteiger partial charge in [0.05, 0.1) is 37.1 Å². The Bertz CT molecular complexity index is 1840. The highest BCUT2D eigenvalue weighted by molar-refractivity contribution is 7.17. The minimum Gasteiger partial charge on any atom is -0.497 e. The lowest BCUT2D eigenvalue weighted by atomic mass is 9.96. The topological polar surface area (TPSA) is 86.8 Å². The summed E-state index contributed by atoms with van der Waals surface area (Å²) < 4.78 is 16.7. The summed E-state index contributed by atoms with van der Waals surface area (Å²) in [6.07, 6.45) is -0.327. The number of anilines is 1. The number of carbonyl (C=O) groups excluding carboxylic acids is 2. The fourth-order valence-corrected chi connectivity index (χ4v) is 6.23. The average molecular weight is 609 g/mol. The first-order valence-corrected chi connectivity index (χ1v) is 15.3. The smallest absolute Gasteiger partial charge is 0.342 e. The third kappa shape index (κ3) is 6.17. The number of amides is 1. The van der Waals surface area contributed by atoms with Crippen LogP contribution in [-0.4, -0.2) is 37.2 Å². The second-order valence-corrected chi connectivity index (χ2v) is 12.3. The largest absolute Gasteiger partial charge is 0.497 e. The molecule has 5 rings (SSSR count). The first-order chi connectivity index (χ1) is 21.1. The summed E-state index contributed by atoms with van der Waals surface area (Å²) in [6, 6.07) is 22.8. The number of hydrogen-bond donors (Lipinski definition) is 1. The van der Waals surface area contributed by atoms with E-state index in [4.69, 9.17) is 19.2 Å². The van der Waals surface area contributed by atoms with Crippen LogP contribution in [0.15, 0.2) is 72.8 Å². The van der Waals surface area contributed by atoms with Gasteiger partial charge in [0, 0.05) is 21.4 Å². The van der Waals surface area contributed by atoms with Crippen molar-refractivity contribution in [2.75, 3.05) is 19.5 Å². The molecule has 0 unspecified atom stereocenters. The van der Waals surface area contributed by atoms with Gasteiger partial charge in [-0.15, -0.1) is 11.3 Å². The summed E-state index contributed by atoms with van der Waals surface area (Å²) in [5, 5.41) is 4.17. The predicted molar refractivity (Wildman–Crippen MR) is 177 cm³/mol. The number of aryl methyl sites for hydroxylation is 1. The van der Waals surface area contributed by atoms with E-state index in [9.17, 15) is 9.59 Å². The molecule has 0 spiro atoms. The molecule has 2 heterocycles. The van der Waals surface area contributed by atoms with E-state index in [2.05, 4.69) is 31.3 Å². The van der Waals surface area contributed by atoms with Crippen LogP contribution < -0.4 is 14.8 Å². The van der Waals surface area contributed by atoms with Gasteiger partial charge in [0.1, 0.15) is 22.1 Å². The average Bonchev–Trinajstić information content (AvgIpc) is 3.34. The molecular formula is C36H36N2O5S. The van der Waals surface area contributed by atoms with Gasteiger partial charge >= 0.3 is 5.97 Å². The maximum absolute atomic E-state index is 14.1. The number of pyridine rings is 1. The first-order valence-electron chi connectivity index (χ1n) is 14.5. The Morgan fingerprint density at radius 2 is 1.61 bits per heavy atom. The Kier molecular flexibility index (Phi) is 9.01. The molecule has 2 aromatic heterocycles. The molecule has 0 aliphatic carbocycles. The van der Waals surface area contributed by atoms with Gasteiger partial charge in [-0.1, -0.05) is 56.3 Å². The number of esters is 1. The molecule has 0 radical (unpaired) electrons. The van der Waals surface area contributed by atoms with E-state index in [1.165, 1.54) is 16.9 Å². The third-order valence-electron chi connectivity index (χ3n) is 7.37. The van der Waals surface area contributed by atoms with Crippen LogP contribution in [0.25, 0.3) is 33.3 Å². The van der Waals surface area contributed by atoms with Gasteiger partial charge < -0.3 is 19.5 Å². The number of ether oxygens (including phenoxy) is 3. The molecule has 1 N–H and O–H groups in total. The molecule has 7 nitrogen and oxygen atoms in total. The maximum atomic E-state index is 14.1. The van der Waals surface area contributed by atoms with Crippen molar-refractivity contribution in [3.8, 4) is 33.9 Å². The van der Waals surface area contributed by atoms with Crippen LogP contribution in [0.2, 0.25) is 0 Å². The monoisotopic (exact) mass is 608 g/mol. The van der Waals surface area contributed by atoms with Gasteiger partial charge in [0.2, 0.25) is 0 Å². The number of benzene rings is 3. The minimum atomic E-state index is -0.482. The number of para-hydroxylation sites is 1. The minimum absolute atomic E-state index is 0.327. The highest BCUT2D eigenvalue weighted by Crippen LogP contribution is 2.42. The lowest BCUT2D eigenvalue weighted by Gasteiger charge is -2.14. The number of thiophene rings is 1. The van der Waals surface area contributed by atoms with Crippen LogP contribution in [0.5, 0.6) is 11.5 Å². The summed E-state index contributed by atoms with van der Waals surface area (Å²) in [6.45, 7) is 9.85. The molecule has 0 saturated carbocycles. The van der Waals surface area contributed by atoms with Crippen molar-refractivity contribution in [3.63, 3.8) is 0 Å². The van der Waals surface area contributed by atoms with Crippen molar-refractivity contribution >= 4 is 39.1 Å². The number of nitrogens with one attached hydrogen (secondary N) is 1. The van der Waals surface area contributed by atoms with Gasteiger partial charge in [-0.2, -0.15) is 0 Å². The molecule has 226 valence electrons. The Balaban J connectivity index is 1.62. The van der Waals surface area contributed by atoms with E-state index in [0.29, 0.717) is 55.7 Å². The molecule has 1 amide bonds. The summed E-state index contributed by atoms with van der Waals surface area (Å²) in [4.78, 5) is 33.4. The van der Waals surface area contributed by atoms with Crippen molar-refractivity contribution in [2.45, 2.75) is 46.6 Å². The lowest BCUT2D eigenvalue weighted by molar-refractivity contribution is 0.0380. The van der Waals surface area contributed by atoms with E-state index >= 15 is 0 Å². The molecule has 0 aliphatic heterocycles. The zero-order valence-electron chi connectivity index (χ0n) is 26.0. The number of fused-ring (bicyclic) bond motifs is 1. The van der Waals surface area contributed by atoms with Crippen LogP contribution in [-0.2, 0) is 4.74 Å². The number of carbonyl (C=O) groups is 2. The Morgan fingerprint density at radius 1 is 0.886 bits per heavy atom. The van der Waals surface area contributed by atoms with Gasteiger partial charge in [0.25, 0.3) is 5.91 Å². The number of methoxy groups -OCH3 is 2. The molecule has 44 heavy (non-hydrogen) atoms. The normalized spacial score (nSPS) is 11.2. The van der Waals surface area contributed by atoms with Gasteiger partial charge in [-0.25, -0.2) is 9.78 Å². The van der Waals surface area contributed by atoms with Crippen molar-refractivity contribution < 1.29 is 23.8 Å². The van der Waals surface area contributed by atoms with E-state index in [-0.39, 0.29) is 12.0 Å². The Hall–Kier alpha value is -4.69.